The van der Waals surface area contributed by atoms with Crippen LogP contribution in [0.2, 0.25) is 0 Å². The summed E-state index contributed by atoms with van der Waals surface area (Å²) in [4.78, 5) is 27.3. The van der Waals surface area contributed by atoms with Crippen molar-refractivity contribution in [2.45, 2.75) is 11.5 Å². The number of amides is 2. The minimum atomic E-state index is -1.46. The van der Waals surface area contributed by atoms with Crippen LogP contribution in [0.3, 0.4) is 0 Å². The number of rotatable bonds is 2. The largest absolute Gasteiger partial charge is 0.379 e. The van der Waals surface area contributed by atoms with E-state index < -0.39 is 17.4 Å². The first kappa shape index (κ1) is 14.6. The maximum atomic E-state index is 13.1. The van der Waals surface area contributed by atoms with Gasteiger partial charge in [0.25, 0.3) is 0 Å². The topological polar surface area (TPSA) is 57.6 Å². The van der Waals surface area contributed by atoms with Gasteiger partial charge in [0.15, 0.2) is 0 Å². The van der Waals surface area contributed by atoms with Gasteiger partial charge >= 0.3 is 0 Å². The van der Waals surface area contributed by atoms with Gasteiger partial charge < -0.3 is 5.11 Å². The molecule has 0 spiro atoms. The lowest BCUT2D eigenvalue weighted by Crippen LogP contribution is -2.53. The van der Waals surface area contributed by atoms with Crippen molar-refractivity contribution in [1.29, 1.82) is 0 Å². The van der Waals surface area contributed by atoms with Crippen molar-refractivity contribution >= 4 is 11.8 Å². The van der Waals surface area contributed by atoms with E-state index in [9.17, 15) is 14.7 Å². The lowest BCUT2D eigenvalue weighted by molar-refractivity contribution is -0.141. The number of nitrogens with zero attached hydrogens (tertiary/aromatic N) is 1. The molecular formula is C21H17NO3. The molecule has 2 aromatic rings. The number of carbonyl (C=O) groups excluding carboxylic acids is 2. The molecule has 4 aliphatic rings. The van der Waals surface area contributed by atoms with E-state index in [0.717, 1.165) is 22.3 Å². The monoisotopic (exact) mass is 331 g/mol. The van der Waals surface area contributed by atoms with E-state index >= 15 is 0 Å². The van der Waals surface area contributed by atoms with E-state index in [4.69, 9.17) is 0 Å². The van der Waals surface area contributed by atoms with Gasteiger partial charge in [-0.3, -0.25) is 14.5 Å². The Hall–Kier alpha value is -2.72. The molecule has 1 heterocycles. The molecule has 25 heavy (non-hydrogen) atoms. The van der Waals surface area contributed by atoms with Crippen molar-refractivity contribution in [2.75, 3.05) is 6.54 Å². The summed E-state index contributed by atoms with van der Waals surface area (Å²) >= 11 is 0. The summed E-state index contributed by atoms with van der Waals surface area (Å²) in [5.41, 5.74) is 1.94. The summed E-state index contributed by atoms with van der Waals surface area (Å²) in [6.07, 6.45) is 1.55. The second kappa shape index (κ2) is 4.67. The average molecular weight is 331 g/mol. The molecule has 124 valence electrons. The molecule has 4 nitrogen and oxygen atoms in total. The Balaban J connectivity index is 1.84. The molecule has 1 fully saturated rings. The summed E-state index contributed by atoms with van der Waals surface area (Å²) < 4.78 is 0. The minimum Gasteiger partial charge on any atom is -0.379 e. The molecule has 2 atom stereocenters. The van der Waals surface area contributed by atoms with Crippen molar-refractivity contribution in [3.63, 3.8) is 0 Å². The second-order valence-electron chi connectivity index (χ2n) is 7.00. The van der Waals surface area contributed by atoms with Crippen molar-refractivity contribution in [3.05, 3.63) is 83.4 Å². The summed E-state index contributed by atoms with van der Waals surface area (Å²) in [5.74, 6) is -2.02. The third kappa shape index (κ3) is 1.51. The summed E-state index contributed by atoms with van der Waals surface area (Å²) in [6, 6.07) is 15.3. The summed E-state index contributed by atoms with van der Waals surface area (Å²) in [5, 5.41) is 11.8. The van der Waals surface area contributed by atoms with Crippen molar-refractivity contribution in [3.8, 4) is 0 Å². The molecular weight excluding hydrogens is 314 g/mol. The molecule has 0 aromatic heterocycles. The fourth-order valence-corrected chi connectivity index (χ4v) is 5.10. The molecule has 0 radical (unpaired) electrons. The lowest BCUT2D eigenvalue weighted by atomic mass is 9.52. The molecule has 0 unspecified atom stereocenters. The highest BCUT2D eigenvalue weighted by atomic mass is 16.3. The maximum absolute atomic E-state index is 13.1. The summed E-state index contributed by atoms with van der Waals surface area (Å²) in [6.45, 7) is 3.83. The van der Waals surface area contributed by atoms with Crippen LogP contribution in [0, 0.1) is 11.8 Å². The first-order chi connectivity index (χ1) is 12.1. The van der Waals surface area contributed by atoms with E-state index in [1.165, 1.54) is 4.90 Å². The predicted molar refractivity (Wildman–Crippen MR) is 91.6 cm³/mol. The van der Waals surface area contributed by atoms with E-state index in [1.54, 1.807) is 6.08 Å². The fourth-order valence-electron chi connectivity index (χ4n) is 5.10. The first-order valence-corrected chi connectivity index (χ1v) is 8.48. The number of benzene rings is 2. The molecule has 2 aromatic carbocycles. The van der Waals surface area contributed by atoms with Crippen LogP contribution in [0.4, 0.5) is 0 Å². The van der Waals surface area contributed by atoms with E-state index in [2.05, 4.69) is 6.58 Å². The average Bonchev–Trinajstić information content (AvgIpc) is 2.89. The molecule has 1 saturated heterocycles. The highest BCUT2D eigenvalue weighted by molar-refractivity contribution is 6.08. The molecule has 4 heteroatoms. The Morgan fingerprint density at radius 2 is 1.56 bits per heavy atom. The number of aliphatic hydroxyl groups is 1. The van der Waals surface area contributed by atoms with Gasteiger partial charge in [0.1, 0.15) is 5.60 Å². The van der Waals surface area contributed by atoms with Crippen LogP contribution < -0.4 is 0 Å². The van der Waals surface area contributed by atoms with E-state index in [1.807, 2.05) is 48.5 Å². The Kier molecular flexibility index (Phi) is 2.73. The van der Waals surface area contributed by atoms with Crippen LogP contribution in [0.15, 0.2) is 61.2 Å². The van der Waals surface area contributed by atoms with Gasteiger partial charge in [0.05, 0.1) is 11.8 Å². The van der Waals surface area contributed by atoms with Crippen LogP contribution in [0.5, 0.6) is 0 Å². The number of hydrogen-bond acceptors (Lipinski definition) is 3. The zero-order chi connectivity index (χ0) is 17.3. The van der Waals surface area contributed by atoms with Crippen LogP contribution in [0.25, 0.3) is 0 Å². The number of imide groups is 1. The molecule has 1 aliphatic heterocycles. The highest BCUT2D eigenvalue weighted by Gasteiger charge is 2.67. The predicted octanol–water partition coefficient (Wildman–Crippen LogP) is 2.17. The lowest BCUT2D eigenvalue weighted by Gasteiger charge is -2.51. The third-order valence-corrected chi connectivity index (χ3v) is 5.98. The van der Waals surface area contributed by atoms with Gasteiger partial charge in [-0.25, -0.2) is 0 Å². The van der Waals surface area contributed by atoms with Gasteiger partial charge in [0.2, 0.25) is 11.8 Å². The Morgan fingerprint density at radius 3 is 2.12 bits per heavy atom. The number of hydrogen-bond donors (Lipinski definition) is 1. The van der Waals surface area contributed by atoms with Gasteiger partial charge in [-0.1, -0.05) is 54.6 Å². The highest BCUT2D eigenvalue weighted by Crippen LogP contribution is 2.62. The van der Waals surface area contributed by atoms with Crippen molar-refractivity contribution in [2.24, 2.45) is 11.8 Å². The smallest absolute Gasteiger partial charge is 0.237 e. The maximum Gasteiger partial charge on any atom is 0.237 e. The zero-order valence-corrected chi connectivity index (χ0v) is 13.6. The molecule has 2 amide bonds. The zero-order valence-electron chi connectivity index (χ0n) is 13.6. The molecule has 6 rings (SSSR count). The molecule has 0 saturated carbocycles. The SMILES string of the molecule is C=CCN1C(=O)[C@H]2C3c4ccccc4C(O)(c4ccccc43)[C@H]2C1=O. The Bertz CT molecular complexity index is 900. The molecule has 1 N–H and O–H groups in total. The number of carbonyl (C=O) groups is 2. The van der Waals surface area contributed by atoms with Gasteiger partial charge in [-0.05, 0) is 22.3 Å². The third-order valence-electron chi connectivity index (χ3n) is 5.98. The normalized spacial score (nSPS) is 31.6. The summed E-state index contributed by atoms with van der Waals surface area (Å²) in [7, 11) is 0. The number of likely N-dealkylation sites (tertiary alicyclic amines) is 1. The van der Waals surface area contributed by atoms with Crippen LogP contribution in [-0.4, -0.2) is 28.4 Å². The standard InChI is InChI=1S/C21H17NO3/c1-2-11-22-19(23)17-16-12-7-3-5-9-14(12)21(25,18(17)20(22)24)15-10-6-4-8-13(15)16/h2-10,16-18,25H,1,11H2/t16?,17-,18+,21?/m0/s1. The second-order valence-corrected chi connectivity index (χ2v) is 7.00. The van der Waals surface area contributed by atoms with Crippen LogP contribution in [-0.2, 0) is 15.2 Å². The van der Waals surface area contributed by atoms with Gasteiger partial charge in [-0.2, -0.15) is 0 Å². The minimum absolute atomic E-state index is 0.181. The fraction of sp³-hybridized carbons (Fsp3) is 0.238. The van der Waals surface area contributed by atoms with Crippen LogP contribution in [0.1, 0.15) is 28.2 Å². The van der Waals surface area contributed by atoms with Gasteiger partial charge in [-0.15, -0.1) is 6.58 Å². The van der Waals surface area contributed by atoms with E-state index in [-0.39, 0.29) is 24.3 Å². The molecule has 2 bridgehead atoms. The van der Waals surface area contributed by atoms with Gasteiger partial charge in [0, 0.05) is 12.5 Å². The molecule has 3 aliphatic carbocycles. The Morgan fingerprint density at radius 1 is 1.00 bits per heavy atom. The van der Waals surface area contributed by atoms with Crippen molar-refractivity contribution in [1.82, 2.24) is 4.90 Å². The van der Waals surface area contributed by atoms with Crippen LogP contribution >= 0.6 is 0 Å². The Labute approximate surface area is 145 Å². The quantitative estimate of drug-likeness (QED) is 0.678. The van der Waals surface area contributed by atoms with E-state index in [0.29, 0.717) is 0 Å². The van der Waals surface area contributed by atoms with Crippen molar-refractivity contribution < 1.29 is 14.7 Å². The first-order valence-electron chi connectivity index (χ1n) is 8.48.